The van der Waals surface area contributed by atoms with Crippen molar-refractivity contribution < 1.29 is 9.59 Å². The van der Waals surface area contributed by atoms with E-state index in [9.17, 15) is 9.59 Å². The monoisotopic (exact) mass is 549 g/mol. The van der Waals surface area contributed by atoms with Crippen LogP contribution in [0.1, 0.15) is 65.2 Å². The number of hydrogen-bond acceptors (Lipinski definition) is 2. The molecular formula is C26H36IN3O2. The summed E-state index contributed by atoms with van der Waals surface area (Å²) in [5.74, 6) is -0.194. The molecule has 0 aliphatic heterocycles. The standard InChI is InChI=1S/C26H36IN3O2/c1-8-28-23(31)22(15-17-9-12-19(27)13-10-17)30-24(32)29-21-16-18(25(2,3)4)11-14-20(21)26(5,6)7/h9-14,16,22H,8,15H2,1-7H3,(H,28,31)(H2,29,30,32)/t22-/m1/s1. The lowest BCUT2D eigenvalue weighted by atomic mass is 9.81. The van der Waals surface area contributed by atoms with Crippen molar-refractivity contribution in [3.8, 4) is 0 Å². The lowest BCUT2D eigenvalue weighted by molar-refractivity contribution is -0.122. The molecule has 0 aliphatic rings. The number of urea groups is 1. The third kappa shape index (κ3) is 7.50. The van der Waals surface area contributed by atoms with E-state index in [2.05, 4.69) is 92.2 Å². The molecule has 32 heavy (non-hydrogen) atoms. The quantitative estimate of drug-likeness (QED) is 0.402. The van der Waals surface area contributed by atoms with Crippen molar-refractivity contribution in [3.63, 3.8) is 0 Å². The van der Waals surface area contributed by atoms with Crippen molar-refractivity contribution in [2.24, 2.45) is 0 Å². The molecule has 2 aromatic rings. The molecule has 0 aromatic heterocycles. The van der Waals surface area contributed by atoms with Crippen molar-refractivity contribution in [3.05, 3.63) is 62.7 Å². The molecule has 0 saturated carbocycles. The van der Waals surface area contributed by atoms with Gasteiger partial charge in [-0.05, 0) is 75.2 Å². The molecule has 0 spiro atoms. The van der Waals surface area contributed by atoms with Gasteiger partial charge in [0.05, 0.1) is 0 Å². The summed E-state index contributed by atoms with van der Waals surface area (Å²) < 4.78 is 1.13. The number of anilines is 1. The minimum atomic E-state index is -0.668. The third-order valence-electron chi connectivity index (χ3n) is 5.27. The molecule has 174 valence electrons. The largest absolute Gasteiger partial charge is 0.355 e. The van der Waals surface area contributed by atoms with Crippen molar-refractivity contribution in [1.82, 2.24) is 10.6 Å². The normalized spacial score (nSPS) is 12.8. The van der Waals surface area contributed by atoms with Gasteiger partial charge in [-0.25, -0.2) is 4.79 Å². The molecule has 6 heteroatoms. The average Bonchev–Trinajstić information content (AvgIpc) is 2.67. The molecule has 1 atom stereocenters. The highest BCUT2D eigenvalue weighted by atomic mass is 127. The highest BCUT2D eigenvalue weighted by Crippen LogP contribution is 2.33. The molecule has 0 saturated heterocycles. The van der Waals surface area contributed by atoms with Crippen molar-refractivity contribution in [1.29, 1.82) is 0 Å². The van der Waals surface area contributed by atoms with E-state index >= 15 is 0 Å². The Morgan fingerprint density at radius 3 is 2.09 bits per heavy atom. The summed E-state index contributed by atoms with van der Waals surface area (Å²) in [5, 5.41) is 8.73. The molecular weight excluding hydrogens is 513 g/mol. The minimum absolute atomic E-state index is 0.0440. The van der Waals surface area contributed by atoms with E-state index < -0.39 is 6.04 Å². The van der Waals surface area contributed by atoms with Crippen molar-refractivity contribution in [2.75, 3.05) is 11.9 Å². The molecule has 0 heterocycles. The highest BCUT2D eigenvalue weighted by molar-refractivity contribution is 14.1. The number of benzene rings is 2. The van der Waals surface area contributed by atoms with E-state index in [-0.39, 0.29) is 22.8 Å². The molecule has 0 radical (unpaired) electrons. The SMILES string of the molecule is CCNC(=O)[C@@H](Cc1ccc(I)cc1)NC(=O)Nc1cc(C(C)(C)C)ccc1C(C)(C)C. The molecule has 5 nitrogen and oxygen atoms in total. The molecule has 0 bridgehead atoms. The van der Waals surface area contributed by atoms with Gasteiger partial charge in [0.1, 0.15) is 6.04 Å². The number of likely N-dealkylation sites (N-methyl/N-ethyl adjacent to an activating group) is 1. The van der Waals surface area contributed by atoms with Crippen molar-refractivity contribution >= 4 is 40.2 Å². The predicted molar refractivity (Wildman–Crippen MR) is 141 cm³/mol. The Labute approximate surface area is 206 Å². The fourth-order valence-corrected chi connectivity index (χ4v) is 3.81. The fraction of sp³-hybridized carbons (Fsp3) is 0.462. The van der Waals surface area contributed by atoms with Gasteiger partial charge in [-0.1, -0.05) is 65.8 Å². The van der Waals surface area contributed by atoms with Crippen LogP contribution in [-0.2, 0) is 22.0 Å². The van der Waals surface area contributed by atoms with Crippen LogP contribution in [0.15, 0.2) is 42.5 Å². The first-order valence-corrected chi connectivity index (χ1v) is 12.1. The van der Waals surface area contributed by atoms with Gasteiger partial charge in [0, 0.05) is 22.2 Å². The Bertz CT molecular complexity index is 941. The highest BCUT2D eigenvalue weighted by Gasteiger charge is 2.25. The maximum absolute atomic E-state index is 13.0. The molecule has 3 amide bonds. The number of carbonyl (C=O) groups excluding carboxylic acids is 2. The van der Waals surface area contributed by atoms with Crippen molar-refractivity contribution in [2.45, 2.75) is 71.8 Å². The van der Waals surface area contributed by atoms with E-state index in [0.29, 0.717) is 13.0 Å². The van der Waals surface area contributed by atoms with E-state index in [1.165, 1.54) is 0 Å². The van der Waals surface area contributed by atoms with Crippen LogP contribution in [0.2, 0.25) is 0 Å². The van der Waals surface area contributed by atoms with Crippen LogP contribution in [0.4, 0.5) is 10.5 Å². The Morgan fingerprint density at radius 1 is 0.938 bits per heavy atom. The molecule has 0 fully saturated rings. The fourth-order valence-electron chi connectivity index (χ4n) is 3.45. The van der Waals surface area contributed by atoms with Gasteiger partial charge in [-0.2, -0.15) is 0 Å². The maximum atomic E-state index is 13.0. The molecule has 3 N–H and O–H groups in total. The Kier molecular flexibility index (Phi) is 8.74. The van der Waals surface area contributed by atoms with Crippen LogP contribution in [0.25, 0.3) is 0 Å². The summed E-state index contributed by atoms with van der Waals surface area (Å²) in [6.45, 7) is 15.2. The first-order chi connectivity index (χ1) is 14.8. The maximum Gasteiger partial charge on any atom is 0.319 e. The van der Waals surface area contributed by atoms with Crippen LogP contribution < -0.4 is 16.0 Å². The molecule has 0 aliphatic carbocycles. The van der Waals surface area contributed by atoms with Gasteiger partial charge in [0.15, 0.2) is 0 Å². The Balaban J connectivity index is 2.28. The number of carbonyl (C=O) groups is 2. The summed E-state index contributed by atoms with van der Waals surface area (Å²) in [5.41, 5.74) is 3.77. The zero-order valence-electron chi connectivity index (χ0n) is 20.2. The van der Waals surface area contributed by atoms with Crippen LogP contribution in [0.3, 0.4) is 0 Å². The van der Waals surface area contributed by atoms with Gasteiger partial charge >= 0.3 is 6.03 Å². The van der Waals surface area contributed by atoms with Crippen LogP contribution in [0.5, 0.6) is 0 Å². The van der Waals surface area contributed by atoms with Crippen LogP contribution in [-0.4, -0.2) is 24.5 Å². The van der Waals surface area contributed by atoms with Gasteiger partial charge in [0.25, 0.3) is 0 Å². The van der Waals surface area contributed by atoms with Gasteiger partial charge in [0.2, 0.25) is 5.91 Å². The Hall–Kier alpha value is -2.09. The Morgan fingerprint density at radius 2 is 1.56 bits per heavy atom. The third-order valence-corrected chi connectivity index (χ3v) is 5.99. The number of nitrogens with one attached hydrogen (secondary N) is 3. The summed E-state index contributed by atoms with van der Waals surface area (Å²) in [6.07, 6.45) is 0.421. The summed E-state index contributed by atoms with van der Waals surface area (Å²) in [4.78, 5) is 25.7. The number of rotatable bonds is 6. The first-order valence-electron chi connectivity index (χ1n) is 11.1. The van der Waals surface area contributed by atoms with E-state index in [0.717, 1.165) is 25.9 Å². The predicted octanol–water partition coefficient (Wildman–Crippen LogP) is 5.76. The smallest absolute Gasteiger partial charge is 0.319 e. The van der Waals surface area contributed by atoms with Crippen LogP contribution >= 0.6 is 22.6 Å². The lowest BCUT2D eigenvalue weighted by Gasteiger charge is -2.27. The first kappa shape index (κ1) is 26.2. The number of hydrogen-bond donors (Lipinski definition) is 3. The lowest BCUT2D eigenvalue weighted by Crippen LogP contribution is -2.49. The average molecular weight is 549 g/mol. The summed E-state index contributed by atoms with van der Waals surface area (Å²) in [6, 6.07) is 13.2. The topological polar surface area (TPSA) is 70.2 Å². The second-order valence-corrected chi connectivity index (χ2v) is 11.4. The van der Waals surface area contributed by atoms with Gasteiger partial charge in [-0.15, -0.1) is 0 Å². The second-order valence-electron chi connectivity index (χ2n) is 10.1. The summed E-state index contributed by atoms with van der Waals surface area (Å²) in [7, 11) is 0. The van der Waals surface area contributed by atoms with Crippen LogP contribution in [0, 0.1) is 3.57 Å². The zero-order chi connectivity index (χ0) is 24.1. The summed E-state index contributed by atoms with van der Waals surface area (Å²) >= 11 is 2.25. The minimum Gasteiger partial charge on any atom is -0.355 e. The number of amides is 3. The molecule has 0 unspecified atom stereocenters. The molecule has 2 rings (SSSR count). The number of halogens is 1. The van der Waals surface area contributed by atoms with Gasteiger partial charge in [-0.3, -0.25) is 4.79 Å². The second kappa shape index (κ2) is 10.7. The zero-order valence-corrected chi connectivity index (χ0v) is 22.4. The van der Waals surface area contributed by atoms with E-state index in [1.807, 2.05) is 37.3 Å². The van der Waals surface area contributed by atoms with E-state index in [4.69, 9.17) is 0 Å². The van der Waals surface area contributed by atoms with Gasteiger partial charge < -0.3 is 16.0 Å². The van der Waals surface area contributed by atoms with E-state index in [1.54, 1.807) is 0 Å². The molecule has 2 aromatic carbocycles.